The standard InChI is InChI=1S/C13H27N3O2S/c1-11-6-5-8-15(10-11)19(17,18)16-9-4-3-7-13(16)12(2)14/h11-13H,3-10,14H2,1-2H3/t11-,12-,13+/m1/s1. The summed E-state index contributed by atoms with van der Waals surface area (Å²) in [5.41, 5.74) is 5.99. The van der Waals surface area contributed by atoms with E-state index in [9.17, 15) is 8.42 Å². The van der Waals surface area contributed by atoms with Gasteiger partial charge in [0.25, 0.3) is 10.2 Å². The molecule has 2 N–H and O–H groups in total. The van der Waals surface area contributed by atoms with E-state index < -0.39 is 10.2 Å². The van der Waals surface area contributed by atoms with Crippen molar-refractivity contribution >= 4 is 10.2 Å². The van der Waals surface area contributed by atoms with Gasteiger partial charge in [-0.15, -0.1) is 0 Å². The lowest BCUT2D eigenvalue weighted by molar-refractivity contribution is 0.195. The molecule has 2 fully saturated rings. The summed E-state index contributed by atoms with van der Waals surface area (Å²) in [6, 6.07) is -0.131. The quantitative estimate of drug-likeness (QED) is 0.848. The first-order chi connectivity index (χ1) is 8.93. The molecule has 2 saturated heterocycles. The first-order valence-corrected chi connectivity index (χ1v) is 8.85. The van der Waals surface area contributed by atoms with E-state index >= 15 is 0 Å². The second kappa shape index (κ2) is 6.08. The van der Waals surface area contributed by atoms with Crippen LogP contribution in [0.5, 0.6) is 0 Å². The van der Waals surface area contributed by atoms with E-state index in [2.05, 4.69) is 6.92 Å². The zero-order valence-corrected chi connectivity index (χ0v) is 12.9. The van der Waals surface area contributed by atoms with E-state index in [-0.39, 0.29) is 12.1 Å². The Kier molecular flexibility index (Phi) is 4.87. The van der Waals surface area contributed by atoms with Crippen molar-refractivity contribution < 1.29 is 8.42 Å². The first-order valence-electron chi connectivity index (χ1n) is 7.45. The van der Waals surface area contributed by atoms with Crippen molar-refractivity contribution in [2.45, 2.75) is 58.0 Å². The highest BCUT2D eigenvalue weighted by atomic mass is 32.2. The Morgan fingerprint density at radius 3 is 2.53 bits per heavy atom. The normalized spacial score (nSPS) is 33.2. The molecule has 0 aromatic carbocycles. The lowest BCUT2D eigenvalue weighted by Crippen LogP contribution is -2.57. The summed E-state index contributed by atoms with van der Waals surface area (Å²) in [6.45, 7) is 5.98. The predicted octanol–water partition coefficient (Wildman–Crippen LogP) is 1.16. The van der Waals surface area contributed by atoms with Gasteiger partial charge in [-0.2, -0.15) is 17.0 Å². The van der Waals surface area contributed by atoms with Gasteiger partial charge in [-0.25, -0.2) is 0 Å². The predicted molar refractivity (Wildman–Crippen MR) is 76.9 cm³/mol. The number of rotatable bonds is 3. The molecule has 0 aromatic rings. The van der Waals surface area contributed by atoms with Crippen molar-refractivity contribution in [2.24, 2.45) is 11.7 Å². The molecular formula is C13H27N3O2S. The zero-order valence-electron chi connectivity index (χ0n) is 12.1. The zero-order chi connectivity index (χ0) is 14.0. The van der Waals surface area contributed by atoms with Crippen LogP contribution in [-0.2, 0) is 10.2 Å². The van der Waals surface area contributed by atoms with Gasteiger partial charge >= 0.3 is 0 Å². The average molecular weight is 289 g/mol. The van der Waals surface area contributed by atoms with Gasteiger partial charge < -0.3 is 5.73 Å². The maximum Gasteiger partial charge on any atom is 0.282 e. The van der Waals surface area contributed by atoms with Crippen LogP contribution in [-0.4, -0.2) is 48.7 Å². The summed E-state index contributed by atoms with van der Waals surface area (Å²) in [6.07, 6.45) is 5.01. The Balaban J connectivity index is 2.16. The van der Waals surface area contributed by atoms with Crippen LogP contribution in [0.25, 0.3) is 0 Å². The molecule has 0 spiro atoms. The smallest absolute Gasteiger partial charge is 0.282 e. The molecule has 0 unspecified atom stereocenters. The highest BCUT2D eigenvalue weighted by molar-refractivity contribution is 7.86. The van der Waals surface area contributed by atoms with Crippen molar-refractivity contribution in [3.05, 3.63) is 0 Å². The van der Waals surface area contributed by atoms with Gasteiger partial charge in [0.2, 0.25) is 0 Å². The van der Waals surface area contributed by atoms with Gasteiger partial charge in [0, 0.05) is 31.7 Å². The molecule has 0 amide bonds. The summed E-state index contributed by atoms with van der Waals surface area (Å²) >= 11 is 0. The molecule has 2 aliphatic heterocycles. The average Bonchev–Trinajstić information content (AvgIpc) is 2.38. The summed E-state index contributed by atoms with van der Waals surface area (Å²) < 4.78 is 28.9. The van der Waals surface area contributed by atoms with Crippen LogP contribution in [0.15, 0.2) is 0 Å². The second-order valence-corrected chi connectivity index (χ2v) is 8.03. The fraction of sp³-hybridized carbons (Fsp3) is 1.00. The fourth-order valence-electron chi connectivity index (χ4n) is 3.25. The van der Waals surface area contributed by atoms with Crippen molar-refractivity contribution in [1.82, 2.24) is 8.61 Å². The molecule has 6 heteroatoms. The van der Waals surface area contributed by atoms with Crippen LogP contribution in [0, 0.1) is 5.92 Å². The third-order valence-electron chi connectivity index (χ3n) is 4.35. The number of hydrogen-bond donors (Lipinski definition) is 1. The number of nitrogens with two attached hydrogens (primary N) is 1. The summed E-state index contributed by atoms with van der Waals surface area (Å²) in [5.74, 6) is 0.460. The third-order valence-corrected chi connectivity index (χ3v) is 6.38. The molecule has 0 bridgehead atoms. The lowest BCUT2D eigenvalue weighted by Gasteiger charge is -2.41. The second-order valence-electron chi connectivity index (χ2n) is 6.15. The molecular weight excluding hydrogens is 262 g/mol. The van der Waals surface area contributed by atoms with Crippen molar-refractivity contribution in [3.63, 3.8) is 0 Å². The minimum absolute atomic E-state index is 0.0315. The van der Waals surface area contributed by atoms with E-state index in [0.717, 1.165) is 32.1 Å². The molecule has 0 aliphatic carbocycles. The molecule has 0 aromatic heterocycles. The Bertz CT molecular complexity index is 397. The van der Waals surface area contributed by atoms with E-state index in [1.807, 2.05) is 6.92 Å². The molecule has 112 valence electrons. The van der Waals surface area contributed by atoms with Gasteiger partial charge in [-0.05, 0) is 38.5 Å². The van der Waals surface area contributed by atoms with E-state index in [4.69, 9.17) is 5.73 Å². The summed E-state index contributed by atoms with van der Waals surface area (Å²) in [5, 5.41) is 0. The monoisotopic (exact) mass is 289 g/mol. The molecule has 0 saturated carbocycles. The minimum atomic E-state index is -3.33. The van der Waals surface area contributed by atoms with E-state index in [0.29, 0.717) is 25.6 Å². The van der Waals surface area contributed by atoms with E-state index in [1.54, 1.807) is 8.61 Å². The highest BCUT2D eigenvalue weighted by Gasteiger charge is 2.39. The van der Waals surface area contributed by atoms with Crippen LogP contribution in [0.4, 0.5) is 0 Å². The Morgan fingerprint density at radius 1 is 1.16 bits per heavy atom. The molecule has 2 aliphatic rings. The fourth-order valence-corrected chi connectivity index (χ4v) is 5.35. The van der Waals surface area contributed by atoms with Crippen molar-refractivity contribution in [1.29, 1.82) is 0 Å². The maximum absolute atomic E-state index is 12.8. The third kappa shape index (κ3) is 3.29. The molecule has 5 nitrogen and oxygen atoms in total. The molecule has 2 rings (SSSR count). The number of hydrogen-bond acceptors (Lipinski definition) is 3. The van der Waals surface area contributed by atoms with Gasteiger partial charge in [0.1, 0.15) is 0 Å². The lowest BCUT2D eigenvalue weighted by atomic mass is 10.00. The van der Waals surface area contributed by atoms with Crippen molar-refractivity contribution in [2.75, 3.05) is 19.6 Å². The van der Waals surface area contributed by atoms with Gasteiger partial charge in [-0.1, -0.05) is 13.3 Å². The molecule has 19 heavy (non-hydrogen) atoms. The molecule has 3 atom stereocenters. The largest absolute Gasteiger partial charge is 0.326 e. The van der Waals surface area contributed by atoms with Gasteiger partial charge in [0.15, 0.2) is 0 Å². The first kappa shape index (κ1) is 15.2. The Hall–Kier alpha value is -0.170. The van der Waals surface area contributed by atoms with Crippen LogP contribution in [0.3, 0.4) is 0 Å². The molecule has 0 radical (unpaired) electrons. The van der Waals surface area contributed by atoms with Crippen LogP contribution in [0.2, 0.25) is 0 Å². The Morgan fingerprint density at radius 2 is 1.89 bits per heavy atom. The van der Waals surface area contributed by atoms with Crippen molar-refractivity contribution in [3.8, 4) is 0 Å². The number of piperidine rings is 2. The van der Waals surface area contributed by atoms with E-state index in [1.165, 1.54) is 0 Å². The Labute approximate surface area is 117 Å². The van der Waals surface area contributed by atoms with Crippen LogP contribution >= 0.6 is 0 Å². The molecule has 2 heterocycles. The maximum atomic E-state index is 12.8. The summed E-state index contributed by atoms with van der Waals surface area (Å²) in [4.78, 5) is 0. The van der Waals surface area contributed by atoms with Crippen LogP contribution in [0.1, 0.15) is 46.0 Å². The minimum Gasteiger partial charge on any atom is -0.326 e. The summed E-state index contributed by atoms with van der Waals surface area (Å²) in [7, 11) is -3.33. The topological polar surface area (TPSA) is 66.6 Å². The van der Waals surface area contributed by atoms with Crippen LogP contribution < -0.4 is 5.73 Å². The number of nitrogens with zero attached hydrogens (tertiary/aromatic N) is 2. The SMILES string of the molecule is C[C@@H]1CCCN(S(=O)(=O)N2CCCC[C@H]2[C@@H](C)N)C1. The van der Waals surface area contributed by atoms with Gasteiger partial charge in [0.05, 0.1) is 0 Å². The highest BCUT2D eigenvalue weighted by Crippen LogP contribution is 2.27. The van der Waals surface area contributed by atoms with Gasteiger partial charge in [-0.3, -0.25) is 0 Å².